The Bertz CT molecular complexity index is 222. The van der Waals surface area contributed by atoms with Gasteiger partial charge < -0.3 is 4.57 Å². The standard InChI is InChI=1S/C6H4N2/c1-2-6-4-7-5-8(6)3-1/h1,3H,4H2. The molecule has 0 spiro atoms. The van der Waals surface area contributed by atoms with E-state index in [9.17, 15) is 0 Å². The van der Waals surface area contributed by atoms with Crippen LogP contribution in [-0.2, 0) is 6.54 Å². The SMILES string of the molecule is [C]1=NCc2[c]ccn21. The lowest BCUT2D eigenvalue weighted by Gasteiger charge is -1.83. The lowest BCUT2D eigenvalue weighted by Crippen LogP contribution is -1.88. The Balaban J connectivity index is 2.67. The van der Waals surface area contributed by atoms with Gasteiger partial charge in [0.25, 0.3) is 0 Å². The monoisotopic (exact) mass is 104 g/mol. The maximum absolute atomic E-state index is 3.89. The first-order valence-electron chi connectivity index (χ1n) is 2.47. The average Bonchev–Trinajstić information content (AvgIpc) is 2.15. The molecule has 2 radical (unpaired) electrons. The Kier molecular flexibility index (Phi) is 0.592. The normalized spacial score (nSPS) is 14.5. The van der Waals surface area contributed by atoms with Gasteiger partial charge in [0.15, 0.2) is 6.34 Å². The van der Waals surface area contributed by atoms with Gasteiger partial charge in [0.05, 0.1) is 12.2 Å². The highest BCUT2D eigenvalue weighted by molar-refractivity contribution is 5.62. The minimum absolute atomic E-state index is 0.743. The van der Waals surface area contributed by atoms with Crippen LogP contribution in [0.5, 0.6) is 0 Å². The Morgan fingerprint density at radius 3 is 3.62 bits per heavy atom. The van der Waals surface area contributed by atoms with E-state index in [1.54, 1.807) is 0 Å². The maximum Gasteiger partial charge on any atom is 0.176 e. The van der Waals surface area contributed by atoms with Crippen LogP contribution in [0.3, 0.4) is 0 Å². The largest absolute Gasteiger partial charge is 0.300 e. The highest BCUT2D eigenvalue weighted by Gasteiger charge is 2.02. The van der Waals surface area contributed by atoms with Crippen LogP contribution in [0.15, 0.2) is 17.3 Å². The fourth-order valence-electron chi connectivity index (χ4n) is 0.769. The number of rotatable bonds is 0. The Labute approximate surface area is 47.5 Å². The van der Waals surface area contributed by atoms with Gasteiger partial charge in [-0.25, -0.2) is 0 Å². The second-order valence-electron chi connectivity index (χ2n) is 1.69. The molecule has 0 aliphatic carbocycles. The molecule has 0 atom stereocenters. The predicted molar refractivity (Wildman–Crippen MR) is 29.8 cm³/mol. The Hall–Kier alpha value is -1.05. The van der Waals surface area contributed by atoms with Crippen LogP contribution < -0.4 is 0 Å². The summed E-state index contributed by atoms with van der Waals surface area (Å²) in [4.78, 5) is 3.89. The molecule has 2 nitrogen and oxygen atoms in total. The van der Waals surface area contributed by atoms with E-state index < -0.39 is 0 Å². The topological polar surface area (TPSA) is 17.3 Å². The molecule has 0 N–H and O–H groups in total. The third-order valence-electron chi connectivity index (χ3n) is 1.17. The highest BCUT2D eigenvalue weighted by atomic mass is 15.1. The molecular weight excluding hydrogens is 100 g/mol. The summed E-state index contributed by atoms with van der Waals surface area (Å²) in [5.41, 5.74) is 1.10. The second-order valence-corrected chi connectivity index (χ2v) is 1.69. The van der Waals surface area contributed by atoms with Gasteiger partial charge in [-0.05, 0) is 6.07 Å². The molecule has 1 aliphatic heterocycles. The van der Waals surface area contributed by atoms with Crippen molar-refractivity contribution in [1.82, 2.24) is 4.57 Å². The van der Waals surface area contributed by atoms with E-state index in [1.165, 1.54) is 0 Å². The van der Waals surface area contributed by atoms with Crippen molar-refractivity contribution in [2.75, 3.05) is 0 Å². The van der Waals surface area contributed by atoms with Crippen LogP contribution in [0, 0.1) is 6.07 Å². The molecule has 0 saturated heterocycles. The molecule has 2 heterocycles. The van der Waals surface area contributed by atoms with Crippen molar-refractivity contribution in [2.24, 2.45) is 4.99 Å². The van der Waals surface area contributed by atoms with Crippen molar-refractivity contribution in [3.63, 3.8) is 0 Å². The summed E-state index contributed by atoms with van der Waals surface area (Å²) in [6.07, 6.45) is 4.69. The van der Waals surface area contributed by atoms with E-state index in [4.69, 9.17) is 0 Å². The minimum atomic E-state index is 0.743. The average molecular weight is 104 g/mol. The predicted octanol–water partition coefficient (Wildman–Crippen LogP) is 0.555. The Morgan fingerprint density at radius 1 is 1.75 bits per heavy atom. The van der Waals surface area contributed by atoms with Gasteiger partial charge in [0, 0.05) is 12.3 Å². The molecule has 1 aliphatic rings. The summed E-state index contributed by atoms with van der Waals surface area (Å²) in [5, 5.41) is 0. The molecule has 0 saturated carbocycles. The first-order valence-corrected chi connectivity index (χ1v) is 2.47. The second kappa shape index (κ2) is 1.22. The first-order chi connectivity index (χ1) is 3.97. The number of hydrogen-bond donors (Lipinski definition) is 0. The van der Waals surface area contributed by atoms with Crippen molar-refractivity contribution in [1.29, 1.82) is 0 Å². The first kappa shape index (κ1) is 3.89. The molecule has 2 rings (SSSR count). The molecule has 0 amide bonds. The van der Waals surface area contributed by atoms with Gasteiger partial charge in [-0.15, -0.1) is 0 Å². The van der Waals surface area contributed by atoms with Crippen LogP contribution in [0.1, 0.15) is 5.69 Å². The van der Waals surface area contributed by atoms with E-state index in [0.717, 1.165) is 12.2 Å². The fraction of sp³-hybridized carbons (Fsp3) is 0.167. The van der Waals surface area contributed by atoms with Gasteiger partial charge in [-0.1, -0.05) is 0 Å². The van der Waals surface area contributed by atoms with Gasteiger partial charge in [-0.3, -0.25) is 4.99 Å². The van der Waals surface area contributed by atoms with Gasteiger partial charge in [0.1, 0.15) is 0 Å². The zero-order chi connectivity index (χ0) is 5.40. The van der Waals surface area contributed by atoms with Crippen molar-refractivity contribution >= 4 is 6.34 Å². The van der Waals surface area contributed by atoms with Crippen LogP contribution >= 0.6 is 0 Å². The van der Waals surface area contributed by atoms with E-state index in [-0.39, 0.29) is 0 Å². The summed E-state index contributed by atoms with van der Waals surface area (Å²) >= 11 is 0. The molecule has 0 bridgehead atoms. The van der Waals surface area contributed by atoms with E-state index in [0.29, 0.717) is 0 Å². The van der Waals surface area contributed by atoms with Crippen LogP contribution in [0.25, 0.3) is 0 Å². The summed E-state index contributed by atoms with van der Waals surface area (Å²) in [6, 6.07) is 4.90. The number of hydrogen-bond acceptors (Lipinski definition) is 1. The minimum Gasteiger partial charge on any atom is -0.300 e. The summed E-state index contributed by atoms with van der Waals surface area (Å²) < 4.78 is 1.85. The zero-order valence-electron chi connectivity index (χ0n) is 4.26. The molecule has 8 heavy (non-hydrogen) atoms. The smallest absolute Gasteiger partial charge is 0.176 e. The summed E-state index contributed by atoms with van der Waals surface area (Å²) in [5.74, 6) is 0. The fourth-order valence-corrected chi connectivity index (χ4v) is 0.769. The highest BCUT2D eigenvalue weighted by Crippen LogP contribution is 2.04. The van der Waals surface area contributed by atoms with Crippen LogP contribution in [0.2, 0.25) is 0 Å². The van der Waals surface area contributed by atoms with Gasteiger partial charge in [0.2, 0.25) is 0 Å². The molecule has 0 unspecified atom stereocenters. The van der Waals surface area contributed by atoms with E-state index in [1.807, 2.05) is 16.8 Å². The quantitative estimate of drug-likeness (QED) is 0.457. The molecule has 2 heteroatoms. The van der Waals surface area contributed by atoms with E-state index >= 15 is 0 Å². The molecule has 1 aromatic rings. The van der Waals surface area contributed by atoms with Crippen LogP contribution in [0.4, 0.5) is 0 Å². The number of fused-ring (bicyclic) bond motifs is 1. The Morgan fingerprint density at radius 2 is 2.75 bits per heavy atom. The summed E-state index contributed by atoms with van der Waals surface area (Å²) in [6.45, 7) is 0.743. The maximum atomic E-state index is 3.89. The number of aliphatic imine (C=N–C) groups is 1. The molecule has 0 fully saturated rings. The summed E-state index contributed by atoms with van der Waals surface area (Å²) in [7, 11) is 0. The zero-order valence-corrected chi connectivity index (χ0v) is 4.26. The lowest BCUT2D eigenvalue weighted by atomic mass is 10.4. The van der Waals surface area contributed by atoms with Crippen molar-refractivity contribution in [2.45, 2.75) is 6.54 Å². The van der Waals surface area contributed by atoms with Crippen molar-refractivity contribution in [3.8, 4) is 0 Å². The van der Waals surface area contributed by atoms with E-state index in [2.05, 4.69) is 17.4 Å². The number of aromatic nitrogens is 1. The van der Waals surface area contributed by atoms with Gasteiger partial charge in [-0.2, -0.15) is 0 Å². The molecular formula is C6H4N2. The van der Waals surface area contributed by atoms with Crippen LogP contribution in [-0.4, -0.2) is 10.9 Å². The third kappa shape index (κ3) is 0.346. The lowest BCUT2D eigenvalue weighted by molar-refractivity contribution is 1.04. The third-order valence-corrected chi connectivity index (χ3v) is 1.17. The molecule has 0 aromatic carbocycles. The van der Waals surface area contributed by atoms with Crippen molar-refractivity contribution in [3.05, 3.63) is 24.0 Å². The molecule has 1 aromatic heterocycles. The molecule has 38 valence electrons. The van der Waals surface area contributed by atoms with Crippen molar-refractivity contribution < 1.29 is 0 Å². The number of nitrogens with zero attached hydrogens (tertiary/aromatic N) is 2. The van der Waals surface area contributed by atoms with Gasteiger partial charge >= 0.3 is 0 Å².